The van der Waals surface area contributed by atoms with Gasteiger partial charge in [0.2, 0.25) is 0 Å². The van der Waals surface area contributed by atoms with Crippen LogP contribution in [0.5, 0.6) is 0 Å². The van der Waals surface area contributed by atoms with Crippen LogP contribution in [0.2, 0.25) is 0 Å². The Labute approximate surface area is 126 Å². The molecule has 0 saturated heterocycles. The second kappa shape index (κ2) is 8.18. The molecular weight excluding hydrogens is 383 g/mol. The number of nitrogens with one attached hydrogen (secondary N) is 1. The van der Waals surface area contributed by atoms with Crippen LogP contribution >= 0.6 is 0 Å². The zero-order valence-electron chi connectivity index (χ0n) is 11.6. The van der Waals surface area contributed by atoms with Gasteiger partial charge in [-0.05, 0) is 0 Å². The van der Waals surface area contributed by atoms with E-state index in [-0.39, 0.29) is 33.1 Å². The van der Waals surface area contributed by atoms with E-state index in [4.69, 9.17) is 4.55 Å². The molecule has 0 aromatic rings. The van der Waals surface area contributed by atoms with Gasteiger partial charge in [-0.15, -0.1) is 0 Å². The Bertz CT molecular complexity index is 420. The van der Waals surface area contributed by atoms with E-state index in [0.29, 0.717) is 16.5 Å². The monoisotopic (exact) mass is 406 g/mol. The van der Waals surface area contributed by atoms with Gasteiger partial charge >= 0.3 is 126 Å². The van der Waals surface area contributed by atoms with Crippen molar-refractivity contribution in [2.24, 2.45) is 0 Å². The van der Waals surface area contributed by atoms with Crippen LogP contribution in [-0.2, 0) is 14.9 Å². The molecule has 0 fully saturated rings. The fourth-order valence-corrected chi connectivity index (χ4v) is 5.74. The normalized spacial score (nSPS) is 12.4. The van der Waals surface area contributed by atoms with Crippen LogP contribution in [0.15, 0.2) is 12.2 Å². The molecule has 114 valence electrons. The van der Waals surface area contributed by atoms with Crippen molar-refractivity contribution < 1.29 is 41.9 Å². The molecular formula is C11H23IN2O4S. The quantitative estimate of drug-likeness (QED) is 0.107. The average molecular weight is 406 g/mol. The van der Waals surface area contributed by atoms with Gasteiger partial charge < -0.3 is 0 Å². The van der Waals surface area contributed by atoms with Crippen LogP contribution < -0.4 is 26.8 Å². The average Bonchev–Trinajstić information content (AvgIpc) is 2.21. The fourth-order valence-electron chi connectivity index (χ4n) is 1.23. The van der Waals surface area contributed by atoms with Crippen molar-refractivity contribution in [2.45, 2.75) is 13.3 Å². The van der Waals surface area contributed by atoms with Gasteiger partial charge in [-0.1, -0.05) is 0 Å². The Hall–Kier alpha value is -0.190. The number of nitrogens with zero attached hydrogens (tertiary/aromatic N) is 1. The van der Waals surface area contributed by atoms with Gasteiger partial charge in [-0.25, -0.2) is 0 Å². The van der Waals surface area contributed by atoms with E-state index in [1.54, 1.807) is 6.92 Å². The maximum atomic E-state index is 11.2. The Balaban J connectivity index is 3.85. The summed E-state index contributed by atoms with van der Waals surface area (Å²) in [5.74, 6) is -0.291. The van der Waals surface area contributed by atoms with E-state index in [9.17, 15) is 13.2 Å². The number of hydrogen-bond donors (Lipinski definition) is 2. The zero-order valence-corrected chi connectivity index (χ0v) is 14.6. The third kappa shape index (κ3) is 11.3. The predicted octanol–water partition coefficient (Wildman–Crippen LogP) is -2.96. The van der Waals surface area contributed by atoms with E-state index < -0.39 is 10.1 Å². The predicted molar refractivity (Wildman–Crippen MR) is 70.7 cm³/mol. The van der Waals surface area contributed by atoms with Crippen molar-refractivity contribution in [1.82, 2.24) is 5.32 Å². The maximum absolute atomic E-state index is 11.2. The molecule has 8 heteroatoms. The van der Waals surface area contributed by atoms with Crippen molar-refractivity contribution in [1.29, 1.82) is 0 Å². The Morgan fingerprint density at radius 2 is 2.00 bits per heavy atom. The first-order valence-electron chi connectivity index (χ1n) is 5.86. The van der Waals surface area contributed by atoms with Crippen LogP contribution in [-0.4, -0.2) is 58.9 Å². The molecule has 0 bridgehead atoms. The number of rotatable bonds is 9. The van der Waals surface area contributed by atoms with E-state index in [2.05, 4.69) is 11.9 Å². The molecule has 0 atom stereocenters. The number of carbonyl (C=O) groups excluding carboxylic acids is 1. The fraction of sp³-hybridized carbons (Fsp3) is 0.727. The first-order chi connectivity index (χ1) is 8.53. The second-order valence-electron chi connectivity index (χ2n) is 4.75. The molecule has 6 nitrogen and oxygen atoms in total. The molecule has 0 aliphatic carbocycles. The number of quaternary nitrogens is 1. The van der Waals surface area contributed by atoms with Crippen LogP contribution in [0.25, 0.3) is 0 Å². The molecule has 19 heavy (non-hydrogen) atoms. The number of hydrogen-bond acceptors (Lipinski definition) is 3. The van der Waals surface area contributed by atoms with Gasteiger partial charge in [-0.2, -0.15) is 0 Å². The van der Waals surface area contributed by atoms with Gasteiger partial charge in [0, 0.05) is 0 Å². The topological polar surface area (TPSA) is 83.5 Å². The van der Waals surface area contributed by atoms with E-state index in [1.807, 2.05) is 14.1 Å². The molecule has 2 N–H and O–H groups in total. The van der Waals surface area contributed by atoms with E-state index >= 15 is 0 Å². The molecule has 0 saturated carbocycles. The van der Waals surface area contributed by atoms with Crippen molar-refractivity contribution in [2.75, 3.05) is 37.4 Å². The first kappa shape index (κ1) is 18.8. The summed E-state index contributed by atoms with van der Waals surface area (Å²) in [4.78, 5) is 11.2. The van der Waals surface area contributed by atoms with Crippen molar-refractivity contribution in [3.05, 3.63) is 12.2 Å². The molecule has 0 rings (SSSR count). The molecule has 0 spiro atoms. The summed E-state index contributed by atoms with van der Waals surface area (Å²) in [6.07, 6.45) is 0.831. The van der Waals surface area contributed by atoms with E-state index in [1.165, 1.54) is 0 Å². The van der Waals surface area contributed by atoms with Gasteiger partial charge in [0.25, 0.3) is 0 Å². The number of amides is 1. The summed E-state index contributed by atoms with van der Waals surface area (Å²) in [6.45, 7) is 6.68. The molecule has 0 aliphatic heterocycles. The number of carbonyl (C=O) groups is 1. The van der Waals surface area contributed by atoms with Crippen molar-refractivity contribution >= 4 is 16.0 Å². The molecule has 0 heterocycles. The van der Waals surface area contributed by atoms with Crippen LogP contribution in [0, 0.1) is 0 Å². The van der Waals surface area contributed by atoms with Gasteiger partial charge in [0.05, 0.1) is 0 Å². The standard InChI is InChI=1S/C11H23IN2O4S/c1-10(2)11(15)13-7-5-8-14(3,4)12-6-9-19(16,17)18/h1,5-9H2,2-4H3,(H,13,15)(H,16,17,18). The minimum atomic E-state index is -3.84. The summed E-state index contributed by atoms with van der Waals surface area (Å²) in [6, 6.07) is 0. The summed E-state index contributed by atoms with van der Waals surface area (Å²) < 4.78 is 31.2. The summed E-state index contributed by atoms with van der Waals surface area (Å²) in [7, 11) is 0.237. The van der Waals surface area contributed by atoms with Gasteiger partial charge in [-0.3, -0.25) is 0 Å². The molecule has 0 radical (unpaired) electrons. The summed E-state index contributed by atoms with van der Waals surface area (Å²) >= 11 is -0.366. The van der Waals surface area contributed by atoms with Crippen LogP contribution in [0.4, 0.5) is 0 Å². The molecule has 0 aromatic heterocycles. The minimum absolute atomic E-state index is 0.133. The van der Waals surface area contributed by atoms with Gasteiger partial charge in [0.1, 0.15) is 0 Å². The number of alkyl halides is 1. The Morgan fingerprint density at radius 1 is 1.42 bits per heavy atom. The Morgan fingerprint density at radius 3 is 2.47 bits per heavy atom. The van der Waals surface area contributed by atoms with Crippen molar-refractivity contribution in [3.63, 3.8) is 0 Å². The molecule has 0 aliphatic rings. The van der Waals surface area contributed by atoms with Gasteiger partial charge in [0.15, 0.2) is 0 Å². The number of halogens is 1. The SMILES string of the molecule is C=C(C)C(=O)NCCC[N+](C)(C)[I-]CCS(=O)(=O)O. The third-order valence-corrected chi connectivity index (χ3v) is 7.09. The molecule has 0 unspecified atom stereocenters. The molecule has 1 amide bonds. The second-order valence-corrected chi connectivity index (χ2v) is 10.7. The summed E-state index contributed by atoms with van der Waals surface area (Å²) in [5.41, 5.74) is 0.495. The molecule has 0 aromatic carbocycles. The van der Waals surface area contributed by atoms with E-state index in [0.717, 1.165) is 15.7 Å². The van der Waals surface area contributed by atoms with Crippen molar-refractivity contribution in [3.8, 4) is 0 Å². The summed E-state index contributed by atoms with van der Waals surface area (Å²) in [5, 5.41) is 2.76. The van der Waals surface area contributed by atoms with Crippen LogP contribution in [0.3, 0.4) is 0 Å². The Kier molecular flexibility index (Phi) is 8.09. The first-order valence-corrected chi connectivity index (χ1v) is 9.96. The van der Waals surface area contributed by atoms with Crippen LogP contribution in [0.1, 0.15) is 13.3 Å². The third-order valence-electron chi connectivity index (χ3n) is 2.28. The zero-order chi connectivity index (χ0) is 15.1.